The van der Waals surface area contributed by atoms with Crippen molar-refractivity contribution in [2.24, 2.45) is 5.10 Å². The molecule has 2 heterocycles. The molecule has 2 aromatic heterocycles. The summed E-state index contributed by atoms with van der Waals surface area (Å²) in [6.45, 7) is 4.03. The topological polar surface area (TPSA) is 59.3 Å². The molecule has 3 aromatic rings. The minimum atomic E-state index is -0.157. The number of rotatable bonds is 6. The van der Waals surface area contributed by atoms with Crippen molar-refractivity contribution in [1.82, 2.24) is 15.0 Å². The molecule has 0 saturated heterocycles. The summed E-state index contributed by atoms with van der Waals surface area (Å²) in [7, 11) is 0. The molecule has 1 amide bonds. The van der Waals surface area contributed by atoms with Crippen LogP contribution in [0.15, 0.2) is 51.9 Å². The van der Waals surface area contributed by atoms with E-state index in [0.29, 0.717) is 5.02 Å². The van der Waals surface area contributed by atoms with Crippen molar-refractivity contribution in [3.8, 4) is 5.13 Å². The van der Waals surface area contributed by atoms with Gasteiger partial charge in [0.15, 0.2) is 5.13 Å². The highest BCUT2D eigenvalue weighted by atomic mass is 35.5. The van der Waals surface area contributed by atoms with Gasteiger partial charge in [0.2, 0.25) is 5.91 Å². The molecule has 0 aliphatic carbocycles. The van der Waals surface area contributed by atoms with Crippen LogP contribution in [-0.2, 0) is 4.79 Å². The average molecular weight is 405 g/mol. The molecule has 0 fully saturated rings. The Kier molecular flexibility index (Phi) is 6.13. The number of nitrogens with zero attached hydrogens (tertiary/aromatic N) is 3. The average Bonchev–Trinajstić information content (AvgIpc) is 3.23. The highest BCUT2D eigenvalue weighted by Crippen LogP contribution is 2.21. The van der Waals surface area contributed by atoms with Crippen LogP contribution in [0.5, 0.6) is 0 Å². The molecule has 8 heteroatoms. The molecule has 134 valence electrons. The lowest BCUT2D eigenvalue weighted by Gasteiger charge is -2.04. The lowest BCUT2D eigenvalue weighted by molar-refractivity contribution is -0.118. The number of carbonyl (C=O) groups excluding carboxylic acids is 1. The fourth-order valence-electron chi connectivity index (χ4n) is 2.42. The number of hydrogen-bond acceptors (Lipinski definition) is 5. The third-order valence-corrected chi connectivity index (χ3v) is 5.68. The molecule has 0 unspecified atom stereocenters. The van der Waals surface area contributed by atoms with Crippen LogP contribution < -0.4 is 5.43 Å². The van der Waals surface area contributed by atoms with E-state index in [2.05, 4.69) is 20.1 Å². The first-order chi connectivity index (χ1) is 12.5. The number of hydrazone groups is 1. The third-order valence-electron chi connectivity index (χ3n) is 3.66. The van der Waals surface area contributed by atoms with E-state index >= 15 is 0 Å². The second-order valence-electron chi connectivity index (χ2n) is 5.51. The van der Waals surface area contributed by atoms with E-state index in [1.54, 1.807) is 35.9 Å². The fraction of sp³-hybridized carbons (Fsp3) is 0.167. The van der Waals surface area contributed by atoms with E-state index < -0.39 is 0 Å². The fourth-order valence-corrected chi connectivity index (χ4v) is 3.99. The molecule has 1 N–H and O–H groups in total. The van der Waals surface area contributed by atoms with Crippen LogP contribution in [0.25, 0.3) is 5.13 Å². The number of nitrogens with one attached hydrogen (secondary N) is 1. The van der Waals surface area contributed by atoms with Crippen LogP contribution >= 0.6 is 34.7 Å². The van der Waals surface area contributed by atoms with Crippen molar-refractivity contribution in [2.75, 3.05) is 5.75 Å². The van der Waals surface area contributed by atoms with E-state index in [-0.39, 0.29) is 11.7 Å². The van der Waals surface area contributed by atoms with E-state index in [1.807, 2.05) is 37.4 Å². The monoisotopic (exact) mass is 404 g/mol. The van der Waals surface area contributed by atoms with Gasteiger partial charge in [0, 0.05) is 38.4 Å². The highest BCUT2D eigenvalue weighted by molar-refractivity contribution is 8.00. The summed E-state index contributed by atoms with van der Waals surface area (Å²) in [4.78, 5) is 17.3. The van der Waals surface area contributed by atoms with Gasteiger partial charge >= 0.3 is 0 Å². The maximum atomic E-state index is 11.9. The minimum absolute atomic E-state index is 0.157. The number of thiazole rings is 1. The molecule has 26 heavy (non-hydrogen) atoms. The predicted octanol–water partition coefficient (Wildman–Crippen LogP) is 4.45. The van der Waals surface area contributed by atoms with E-state index in [0.717, 1.165) is 27.0 Å². The van der Waals surface area contributed by atoms with Crippen LogP contribution in [0.4, 0.5) is 0 Å². The van der Waals surface area contributed by atoms with Crippen LogP contribution in [0, 0.1) is 13.8 Å². The number of aryl methyl sites for hydroxylation is 1. The van der Waals surface area contributed by atoms with Gasteiger partial charge < -0.3 is 0 Å². The van der Waals surface area contributed by atoms with Crippen LogP contribution in [0.1, 0.15) is 17.0 Å². The Labute approximate surface area is 165 Å². The van der Waals surface area contributed by atoms with Gasteiger partial charge in [0.25, 0.3) is 0 Å². The Bertz CT molecular complexity index is 918. The lowest BCUT2D eigenvalue weighted by Crippen LogP contribution is -2.19. The summed E-state index contributed by atoms with van der Waals surface area (Å²) in [6, 6.07) is 9.40. The van der Waals surface area contributed by atoms with Crippen molar-refractivity contribution in [3.05, 3.63) is 63.9 Å². The maximum absolute atomic E-state index is 11.9. The molecule has 0 radical (unpaired) electrons. The maximum Gasteiger partial charge on any atom is 0.250 e. The molecule has 0 bridgehead atoms. The number of halogens is 1. The normalized spacial score (nSPS) is 11.2. The van der Waals surface area contributed by atoms with Crippen LogP contribution in [-0.4, -0.2) is 27.4 Å². The molecular weight excluding hydrogens is 388 g/mol. The molecule has 0 saturated carbocycles. The van der Waals surface area contributed by atoms with Crippen molar-refractivity contribution in [2.45, 2.75) is 18.7 Å². The van der Waals surface area contributed by atoms with Gasteiger partial charge in [-0.15, -0.1) is 23.1 Å². The molecule has 3 rings (SSSR count). The standard InChI is InChI=1S/C18H17ClN4OS2/c1-12-9-14(13(2)23(12)18-20-7-8-25-18)10-21-22-17(24)11-26-16-5-3-15(19)4-6-16/h3-10H,11H2,1-2H3,(H,22,24)/b21-10-. The number of benzene rings is 1. The Balaban J connectivity index is 1.57. The Hall–Kier alpha value is -2.09. The zero-order valence-electron chi connectivity index (χ0n) is 14.3. The molecule has 1 aromatic carbocycles. The largest absolute Gasteiger partial charge is 0.294 e. The van der Waals surface area contributed by atoms with Gasteiger partial charge in [-0.2, -0.15) is 5.10 Å². The van der Waals surface area contributed by atoms with Gasteiger partial charge in [-0.25, -0.2) is 10.4 Å². The van der Waals surface area contributed by atoms with Crippen molar-refractivity contribution >= 4 is 46.8 Å². The van der Waals surface area contributed by atoms with Crippen LogP contribution in [0.3, 0.4) is 0 Å². The van der Waals surface area contributed by atoms with Crippen LogP contribution in [0.2, 0.25) is 5.02 Å². The number of amides is 1. The van der Waals surface area contributed by atoms with Gasteiger partial charge in [0.1, 0.15) is 0 Å². The van der Waals surface area contributed by atoms with Gasteiger partial charge in [-0.1, -0.05) is 11.6 Å². The minimum Gasteiger partial charge on any atom is -0.294 e. The first kappa shape index (κ1) is 18.7. The van der Waals surface area contributed by atoms with Gasteiger partial charge in [0.05, 0.1) is 12.0 Å². The summed E-state index contributed by atoms with van der Waals surface area (Å²) < 4.78 is 2.07. The van der Waals surface area contributed by atoms with E-state index in [1.165, 1.54) is 11.8 Å². The Morgan fingerprint density at radius 1 is 1.38 bits per heavy atom. The molecule has 0 spiro atoms. The molecule has 0 aliphatic rings. The SMILES string of the molecule is Cc1cc(/C=N\NC(=O)CSc2ccc(Cl)cc2)c(C)n1-c1nccs1. The molecule has 0 aliphatic heterocycles. The van der Waals surface area contributed by atoms with Crippen molar-refractivity contribution in [1.29, 1.82) is 0 Å². The summed E-state index contributed by atoms with van der Waals surface area (Å²) in [5.74, 6) is 0.131. The molecular formula is C18H17ClN4OS2. The van der Waals surface area contributed by atoms with Gasteiger partial charge in [-0.3, -0.25) is 9.36 Å². The zero-order chi connectivity index (χ0) is 18.5. The third kappa shape index (κ3) is 4.55. The smallest absolute Gasteiger partial charge is 0.250 e. The number of thioether (sulfide) groups is 1. The first-order valence-corrected chi connectivity index (χ1v) is 10.1. The van der Waals surface area contributed by atoms with Gasteiger partial charge in [-0.05, 0) is 44.2 Å². The number of carbonyl (C=O) groups is 1. The quantitative estimate of drug-likeness (QED) is 0.375. The molecule has 0 atom stereocenters. The number of hydrogen-bond donors (Lipinski definition) is 1. The predicted molar refractivity (Wildman–Crippen MR) is 109 cm³/mol. The van der Waals surface area contributed by atoms with Crippen molar-refractivity contribution < 1.29 is 4.79 Å². The highest BCUT2D eigenvalue weighted by Gasteiger charge is 2.11. The second-order valence-corrected chi connectivity index (χ2v) is 7.87. The Morgan fingerprint density at radius 2 is 2.15 bits per heavy atom. The summed E-state index contributed by atoms with van der Waals surface area (Å²) in [5.41, 5.74) is 5.62. The number of aromatic nitrogens is 2. The van der Waals surface area contributed by atoms with E-state index in [9.17, 15) is 4.79 Å². The second kappa shape index (κ2) is 8.53. The summed E-state index contributed by atoms with van der Waals surface area (Å²) in [5, 5.41) is 7.62. The Morgan fingerprint density at radius 3 is 2.85 bits per heavy atom. The summed E-state index contributed by atoms with van der Waals surface area (Å²) >= 11 is 8.86. The first-order valence-electron chi connectivity index (χ1n) is 7.83. The lowest BCUT2D eigenvalue weighted by atomic mass is 10.3. The molecule has 5 nitrogen and oxygen atoms in total. The van der Waals surface area contributed by atoms with Crippen molar-refractivity contribution in [3.63, 3.8) is 0 Å². The van der Waals surface area contributed by atoms with E-state index in [4.69, 9.17) is 11.6 Å². The summed E-state index contributed by atoms with van der Waals surface area (Å²) in [6.07, 6.45) is 3.45. The zero-order valence-corrected chi connectivity index (χ0v) is 16.7.